The lowest BCUT2D eigenvalue weighted by molar-refractivity contribution is -0.147. The van der Waals surface area contributed by atoms with Crippen LogP contribution in [0.25, 0.3) is 22.2 Å². The molecular formula is C30H39N11O10. The van der Waals surface area contributed by atoms with Gasteiger partial charge in [-0.2, -0.15) is 0 Å². The van der Waals surface area contributed by atoms with E-state index in [4.69, 9.17) is 21.7 Å². The Morgan fingerprint density at radius 3 is 2.27 bits per heavy atom. The van der Waals surface area contributed by atoms with Crippen LogP contribution < -0.4 is 44.0 Å². The third-order valence-corrected chi connectivity index (χ3v) is 7.33. The number of benzene rings is 1. The minimum Gasteiger partial charge on any atom is -0.481 e. The fraction of sp³-hybridized carbons (Fsp3) is 0.433. The Kier molecular flexibility index (Phi) is 14.1. The minimum atomic E-state index is -1.70. The molecule has 51 heavy (non-hydrogen) atoms. The van der Waals surface area contributed by atoms with E-state index in [9.17, 15) is 38.4 Å². The zero-order chi connectivity index (χ0) is 37.7. The fourth-order valence-corrected chi connectivity index (χ4v) is 4.83. The molecule has 21 nitrogen and oxygen atoms in total. The van der Waals surface area contributed by atoms with Crippen molar-refractivity contribution >= 4 is 63.7 Å². The summed E-state index contributed by atoms with van der Waals surface area (Å²) in [6.07, 6.45) is 1.07. The Morgan fingerprint density at radius 1 is 0.882 bits per heavy atom. The molecule has 3 aromatic rings. The number of carboxylic acid groups (broad SMARTS) is 2. The number of nitrogens with two attached hydrogens (primary N) is 2. The Labute approximate surface area is 288 Å². The zero-order valence-electron chi connectivity index (χ0n) is 27.5. The molecule has 0 saturated heterocycles. The van der Waals surface area contributed by atoms with Crippen LogP contribution in [0, 0.1) is 6.92 Å². The number of aromatic nitrogens is 4. The molecule has 0 aliphatic carbocycles. The molecule has 0 fully saturated rings. The van der Waals surface area contributed by atoms with Gasteiger partial charge in [0, 0.05) is 25.1 Å². The number of aromatic amines is 2. The summed E-state index contributed by atoms with van der Waals surface area (Å²) in [6, 6.07) is 0.345. The van der Waals surface area contributed by atoms with Gasteiger partial charge < -0.3 is 42.9 Å². The van der Waals surface area contributed by atoms with Gasteiger partial charge in [-0.25, -0.2) is 19.6 Å². The lowest BCUT2D eigenvalue weighted by Gasteiger charge is -2.19. The number of carbonyl (C=O) groups excluding carboxylic acids is 4. The molecule has 2 atom stereocenters. The van der Waals surface area contributed by atoms with Crippen LogP contribution in [0.2, 0.25) is 0 Å². The van der Waals surface area contributed by atoms with Gasteiger partial charge in [0.1, 0.15) is 12.1 Å². The first kappa shape index (κ1) is 39.0. The smallest absolute Gasteiger partial charge is 0.327 e. The fourth-order valence-electron chi connectivity index (χ4n) is 4.83. The number of hydrogen-bond acceptors (Lipinski definition) is 11. The van der Waals surface area contributed by atoms with Crippen LogP contribution in [-0.2, 0) is 24.0 Å². The highest BCUT2D eigenvalue weighted by atomic mass is 16.4. The molecule has 12 N–H and O–H groups in total. The van der Waals surface area contributed by atoms with Gasteiger partial charge >= 0.3 is 17.6 Å². The number of aliphatic imine (C=N–C) groups is 1. The van der Waals surface area contributed by atoms with Gasteiger partial charge in [0.2, 0.25) is 17.7 Å². The SMILES string of the molecule is Cc1cc2nc3c(=O)[nH]c(=O)[nH]c3nc2cc1C(=O)NCCCCCC(=O)N[C@@H](CCCN=C(N)N)C(=O)NCC(=O)N[C@@H](CC(=O)O)C(=O)O. The van der Waals surface area contributed by atoms with Crippen LogP contribution in [0.4, 0.5) is 0 Å². The van der Waals surface area contributed by atoms with Crippen LogP contribution in [0.15, 0.2) is 26.7 Å². The second kappa shape index (κ2) is 18.4. The van der Waals surface area contributed by atoms with Crippen molar-refractivity contribution in [1.29, 1.82) is 0 Å². The van der Waals surface area contributed by atoms with E-state index >= 15 is 0 Å². The number of nitrogens with one attached hydrogen (secondary N) is 6. The largest absolute Gasteiger partial charge is 0.481 e. The predicted octanol–water partition coefficient (Wildman–Crippen LogP) is -2.54. The quantitative estimate of drug-likeness (QED) is 0.0265. The highest BCUT2D eigenvalue weighted by Gasteiger charge is 2.25. The summed E-state index contributed by atoms with van der Waals surface area (Å²) in [5.41, 5.74) is 10.8. The van der Waals surface area contributed by atoms with Crippen LogP contribution in [0.5, 0.6) is 0 Å². The third kappa shape index (κ3) is 12.2. The number of aliphatic carboxylic acids is 2. The molecule has 3 rings (SSSR count). The summed E-state index contributed by atoms with van der Waals surface area (Å²) in [5, 5.41) is 27.6. The van der Waals surface area contributed by atoms with Crippen molar-refractivity contribution in [2.45, 2.75) is 64.0 Å². The Bertz CT molecular complexity index is 1950. The maximum Gasteiger partial charge on any atom is 0.327 e. The second-order valence-corrected chi connectivity index (χ2v) is 11.4. The van der Waals surface area contributed by atoms with E-state index in [2.05, 4.69) is 40.9 Å². The van der Waals surface area contributed by atoms with E-state index in [1.54, 1.807) is 13.0 Å². The molecule has 2 heterocycles. The van der Waals surface area contributed by atoms with Crippen molar-refractivity contribution in [3.8, 4) is 0 Å². The molecule has 0 unspecified atom stereocenters. The van der Waals surface area contributed by atoms with Crippen molar-refractivity contribution in [3.05, 3.63) is 44.1 Å². The molecule has 2 aromatic heterocycles. The molecule has 0 spiro atoms. The van der Waals surface area contributed by atoms with E-state index in [0.29, 0.717) is 47.8 Å². The number of fused-ring (bicyclic) bond motifs is 2. The number of nitrogens with zero attached hydrogens (tertiary/aromatic N) is 3. The van der Waals surface area contributed by atoms with Gasteiger partial charge in [-0.05, 0) is 50.3 Å². The molecule has 1 aromatic carbocycles. The lowest BCUT2D eigenvalue weighted by atomic mass is 10.1. The van der Waals surface area contributed by atoms with E-state index in [-0.39, 0.29) is 49.0 Å². The van der Waals surface area contributed by atoms with Gasteiger partial charge in [0.15, 0.2) is 17.1 Å². The average Bonchev–Trinajstić information content (AvgIpc) is 3.04. The van der Waals surface area contributed by atoms with Crippen molar-refractivity contribution in [3.63, 3.8) is 0 Å². The molecule has 274 valence electrons. The number of unbranched alkanes of at least 4 members (excludes halogenated alkanes) is 2. The zero-order valence-corrected chi connectivity index (χ0v) is 27.5. The van der Waals surface area contributed by atoms with Gasteiger partial charge in [0.05, 0.1) is 24.0 Å². The summed E-state index contributed by atoms with van der Waals surface area (Å²) >= 11 is 0. The van der Waals surface area contributed by atoms with Gasteiger partial charge in [-0.3, -0.25) is 43.7 Å². The van der Waals surface area contributed by atoms with Crippen LogP contribution in [0.1, 0.15) is 60.9 Å². The topological polar surface area (TPSA) is 347 Å². The first-order chi connectivity index (χ1) is 24.1. The maximum atomic E-state index is 12.9. The Morgan fingerprint density at radius 2 is 1.59 bits per heavy atom. The molecule has 0 bridgehead atoms. The number of hydrogen-bond donors (Lipinski definition) is 10. The van der Waals surface area contributed by atoms with Crippen molar-refractivity contribution < 1.29 is 39.0 Å². The highest BCUT2D eigenvalue weighted by Crippen LogP contribution is 2.18. The van der Waals surface area contributed by atoms with Gasteiger partial charge in [-0.1, -0.05) is 6.42 Å². The predicted molar refractivity (Wildman–Crippen MR) is 180 cm³/mol. The van der Waals surface area contributed by atoms with Gasteiger partial charge in [-0.15, -0.1) is 0 Å². The Hall–Kier alpha value is -6.41. The van der Waals surface area contributed by atoms with E-state index in [0.717, 1.165) is 0 Å². The number of carboxylic acids is 2. The molecular weight excluding hydrogens is 674 g/mol. The third-order valence-electron chi connectivity index (χ3n) is 7.33. The minimum absolute atomic E-state index is 0.0126. The van der Waals surface area contributed by atoms with Crippen LogP contribution in [0.3, 0.4) is 0 Å². The number of guanidine groups is 1. The van der Waals surface area contributed by atoms with Crippen molar-refractivity contribution in [1.82, 2.24) is 41.2 Å². The molecule has 0 radical (unpaired) electrons. The molecule has 0 saturated carbocycles. The van der Waals surface area contributed by atoms with Crippen molar-refractivity contribution in [2.75, 3.05) is 19.6 Å². The molecule has 0 aliphatic heterocycles. The average molecular weight is 714 g/mol. The van der Waals surface area contributed by atoms with E-state index in [1.807, 2.05) is 5.32 Å². The Balaban J connectivity index is 1.48. The highest BCUT2D eigenvalue weighted by molar-refractivity contribution is 5.99. The van der Waals surface area contributed by atoms with Gasteiger partial charge in [0.25, 0.3) is 11.5 Å². The first-order valence-electron chi connectivity index (χ1n) is 15.7. The lowest BCUT2D eigenvalue weighted by Crippen LogP contribution is -2.51. The second-order valence-electron chi connectivity index (χ2n) is 11.4. The standard InChI is InChI=1S/C30H39N11O10/c1-14-10-17-18(39-24-23(38-17)27(48)41-30(51)40-24)11-15(14)25(46)33-8-4-2-3-7-20(42)36-16(6-5-9-34-29(31)32)26(47)35-13-21(43)37-19(28(49)50)12-22(44)45/h10-11,16,19H,2-9,12-13H2,1H3,(H,33,46)(H,35,47)(H,36,42)(H,37,43)(H,44,45)(H,49,50)(H4,31,32,34)(H2,39,40,41,48,51)/t16-,19-/m0/s1. The normalized spacial score (nSPS) is 12.0. The van der Waals surface area contributed by atoms with E-state index in [1.165, 1.54) is 6.07 Å². The van der Waals surface area contributed by atoms with E-state index < -0.39 is 66.0 Å². The summed E-state index contributed by atoms with van der Waals surface area (Å²) in [5.74, 6) is -5.67. The summed E-state index contributed by atoms with van der Waals surface area (Å²) < 4.78 is 0. The molecule has 21 heteroatoms. The number of carbonyl (C=O) groups is 6. The summed E-state index contributed by atoms with van der Waals surface area (Å²) in [4.78, 5) is 113. The number of rotatable bonds is 19. The monoisotopic (exact) mass is 713 g/mol. The summed E-state index contributed by atoms with van der Waals surface area (Å²) in [7, 11) is 0. The van der Waals surface area contributed by atoms with Crippen molar-refractivity contribution in [2.24, 2.45) is 16.5 Å². The first-order valence-corrected chi connectivity index (χ1v) is 15.7. The number of H-pyrrole nitrogens is 2. The number of amides is 4. The number of aryl methyl sites for hydroxylation is 1. The molecule has 4 amide bonds. The van der Waals surface area contributed by atoms with Crippen LogP contribution >= 0.6 is 0 Å². The molecule has 0 aliphatic rings. The summed E-state index contributed by atoms with van der Waals surface area (Å²) in [6.45, 7) is 1.49. The van der Waals surface area contributed by atoms with Crippen LogP contribution in [-0.4, -0.2) is 103 Å². The maximum absolute atomic E-state index is 12.9.